The van der Waals surface area contributed by atoms with E-state index in [0.717, 1.165) is 0 Å². The first-order valence-electron chi connectivity index (χ1n) is 3.68. The van der Waals surface area contributed by atoms with Crippen LogP contribution in [0.15, 0.2) is 28.7 Å². The van der Waals surface area contributed by atoms with Gasteiger partial charge in [-0.25, -0.2) is 14.8 Å². The fourth-order valence-electron chi connectivity index (χ4n) is 0.581. The third-order valence-corrected chi connectivity index (χ3v) is 1.04. The molecule has 13 heavy (non-hydrogen) atoms. The standard InChI is InChI=1S/C7H8N4O2/c1-2-13-7(12)11-10-6-8-4-3-5-9-6/h3-5H,2H2,1H3. The van der Waals surface area contributed by atoms with Gasteiger partial charge in [0.15, 0.2) is 0 Å². The summed E-state index contributed by atoms with van der Waals surface area (Å²) < 4.78 is 4.51. The number of hydrogen-bond acceptors (Lipinski definition) is 5. The maximum absolute atomic E-state index is 10.7. The molecule has 0 N–H and O–H groups in total. The van der Waals surface area contributed by atoms with Gasteiger partial charge in [-0.3, -0.25) is 0 Å². The number of nitrogens with zero attached hydrogens (tertiary/aromatic N) is 4. The molecule has 0 fully saturated rings. The summed E-state index contributed by atoms with van der Waals surface area (Å²) >= 11 is 0. The van der Waals surface area contributed by atoms with Crippen LogP contribution in [0.3, 0.4) is 0 Å². The summed E-state index contributed by atoms with van der Waals surface area (Å²) in [7, 11) is 0. The average Bonchev–Trinajstić information content (AvgIpc) is 2.17. The van der Waals surface area contributed by atoms with Crippen LogP contribution in [0.5, 0.6) is 0 Å². The van der Waals surface area contributed by atoms with Crippen molar-refractivity contribution in [3.63, 3.8) is 0 Å². The van der Waals surface area contributed by atoms with Crippen molar-refractivity contribution in [1.82, 2.24) is 9.97 Å². The van der Waals surface area contributed by atoms with E-state index in [1.54, 1.807) is 13.0 Å². The molecule has 1 amide bonds. The number of aromatic nitrogens is 2. The summed E-state index contributed by atoms with van der Waals surface area (Å²) in [6.07, 6.45) is 2.27. The lowest BCUT2D eigenvalue weighted by molar-refractivity contribution is 0.161. The molecule has 1 heterocycles. The molecular formula is C7H8N4O2. The van der Waals surface area contributed by atoms with Gasteiger partial charge < -0.3 is 4.74 Å². The Balaban J connectivity index is 2.54. The van der Waals surface area contributed by atoms with Gasteiger partial charge in [-0.2, -0.15) is 0 Å². The molecule has 0 bridgehead atoms. The Kier molecular flexibility index (Phi) is 3.49. The molecule has 0 unspecified atom stereocenters. The number of azo groups is 1. The lowest BCUT2D eigenvalue weighted by Crippen LogP contribution is -1.95. The summed E-state index contributed by atoms with van der Waals surface area (Å²) in [5.74, 6) is 0.135. The van der Waals surface area contributed by atoms with Crippen molar-refractivity contribution in [2.45, 2.75) is 6.92 Å². The minimum absolute atomic E-state index is 0.135. The molecular weight excluding hydrogens is 172 g/mol. The molecule has 1 aromatic heterocycles. The van der Waals surface area contributed by atoms with Crippen LogP contribution in [-0.4, -0.2) is 22.7 Å². The summed E-state index contributed by atoms with van der Waals surface area (Å²) in [4.78, 5) is 18.1. The van der Waals surface area contributed by atoms with Crippen LogP contribution in [0.2, 0.25) is 0 Å². The van der Waals surface area contributed by atoms with E-state index in [4.69, 9.17) is 0 Å². The number of carbonyl (C=O) groups is 1. The lowest BCUT2D eigenvalue weighted by Gasteiger charge is -1.91. The Morgan fingerprint density at radius 3 is 2.85 bits per heavy atom. The molecule has 0 radical (unpaired) electrons. The van der Waals surface area contributed by atoms with E-state index in [0.29, 0.717) is 0 Å². The first-order chi connectivity index (χ1) is 6.33. The van der Waals surface area contributed by atoms with Crippen molar-refractivity contribution in [2.75, 3.05) is 6.61 Å². The van der Waals surface area contributed by atoms with Crippen molar-refractivity contribution in [3.05, 3.63) is 18.5 Å². The maximum atomic E-state index is 10.7. The highest BCUT2D eigenvalue weighted by molar-refractivity contribution is 5.67. The Labute approximate surface area is 74.7 Å². The van der Waals surface area contributed by atoms with Crippen LogP contribution in [0.25, 0.3) is 0 Å². The van der Waals surface area contributed by atoms with Gasteiger partial charge in [0.25, 0.3) is 5.95 Å². The van der Waals surface area contributed by atoms with Crippen LogP contribution < -0.4 is 0 Å². The van der Waals surface area contributed by atoms with Gasteiger partial charge in [0.2, 0.25) is 0 Å². The number of ether oxygens (including phenoxy) is 1. The predicted octanol–water partition coefficient (Wildman–Crippen LogP) is 1.72. The van der Waals surface area contributed by atoms with E-state index in [-0.39, 0.29) is 12.6 Å². The second kappa shape index (κ2) is 4.91. The first-order valence-corrected chi connectivity index (χ1v) is 3.68. The zero-order valence-electron chi connectivity index (χ0n) is 7.04. The van der Waals surface area contributed by atoms with Crippen molar-refractivity contribution < 1.29 is 9.53 Å². The molecule has 68 valence electrons. The summed E-state index contributed by atoms with van der Waals surface area (Å²) in [6, 6.07) is 1.64. The van der Waals surface area contributed by atoms with Gasteiger partial charge in [-0.15, -0.1) is 5.11 Å². The van der Waals surface area contributed by atoms with Crippen LogP contribution in [0, 0.1) is 0 Å². The number of carbonyl (C=O) groups excluding carboxylic acids is 1. The highest BCUT2D eigenvalue weighted by Gasteiger charge is 1.96. The highest BCUT2D eigenvalue weighted by atomic mass is 16.5. The number of hydrogen-bond donors (Lipinski definition) is 0. The van der Waals surface area contributed by atoms with E-state index in [1.165, 1.54) is 12.4 Å². The first kappa shape index (κ1) is 9.24. The zero-order valence-corrected chi connectivity index (χ0v) is 7.04. The summed E-state index contributed by atoms with van der Waals surface area (Å²) in [6.45, 7) is 1.96. The highest BCUT2D eigenvalue weighted by Crippen LogP contribution is 2.00. The van der Waals surface area contributed by atoms with E-state index in [1.807, 2.05) is 0 Å². The topological polar surface area (TPSA) is 76.8 Å². The Morgan fingerprint density at radius 2 is 2.23 bits per heavy atom. The largest absolute Gasteiger partial charge is 0.452 e. The molecule has 0 saturated heterocycles. The Hall–Kier alpha value is -1.85. The van der Waals surface area contributed by atoms with Gasteiger partial charge >= 0.3 is 6.09 Å². The second-order valence-corrected chi connectivity index (χ2v) is 1.95. The lowest BCUT2D eigenvalue weighted by atomic mass is 10.7. The quantitative estimate of drug-likeness (QED) is 0.649. The molecule has 0 saturated carbocycles. The van der Waals surface area contributed by atoms with E-state index < -0.39 is 6.09 Å². The van der Waals surface area contributed by atoms with Crippen LogP contribution in [-0.2, 0) is 4.74 Å². The average molecular weight is 180 g/mol. The van der Waals surface area contributed by atoms with Gasteiger partial charge in [0, 0.05) is 12.4 Å². The van der Waals surface area contributed by atoms with Gasteiger partial charge in [0.05, 0.1) is 6.61 Å². The molecule has 0 spiro atoms. The Bertz CT molecular complexity index is 299. The molecule has 1 aromatic rings. The predicted molar refractivity (Wildman–Crippen MR) is 43.6 cm³/mol. The maximum Gasteiger partial charge on any atom is 0.452 e. The van der Waals surface area contributed by atoms with Crippen LogP contribution in [0.1, 0.15) is 6.92 Å². The fraction of sp³-hybridized carbons (Fsp3) is 0.286. The fourth-order valence-corrected chi connectivity index (χ4v) is 0.581. The minimum atomic E-state index is -0.741. The molecule has 0 aliphatic heterocycles. The summed E-state index contributed by atoms with van der Waals surface area (Å²) in [5, 5.41) is 6.68. The van der Waals surface area contributed by atoms with E-state index >= 15 is 0 Å². The minimum Gasteiger partial charge on any atom is -0.447 e. The molecule has 0 aromatic carbocycles. The van der Waals surface area contributed by atoms with Gasteiger partial charge in [-0.1, -0.05) is 5.11 Å². The molecule has 1 rings (SSSR count). The normalized spacial score (nSPS) is 10.2. The number of rotatable bonds is 2. The smallest absolute Gasteiger partial charge is 0.447 e. The third kappa shape index (κ3) is 3.37. The van der Waals surface area contributed by atoms with Crippen molar-refractivity contribution in [3.8, 4) is 0 Å². The van der Waals surface area contributed by atoms with Crippen molar-refractivity contribution in [1.29, 1.82) is 0 Å². The molecule has 6 heteroatoms. The zero-order chi connectivity index (χ0) is 9.52. The van der Waals surface area contributed by atoms with Crippen molar-refractivity contribution in [2.24, 2.45) is 10.2 Å². The van der Waals surface area contributed by atoms with Crippen LogP contribution >= 0.6 is 0 Å². The second-order valence-electron chi connectivity index (χ2n) is 1.95. The number of amides is 1. The van der Waals surface area contributed by atoms with Crippen molar-refractivity contribution >= 4 is 12.0 Å². The van der Waals surface area contributed by atoms with Crippen LogP contribution in [0.4, 0.5) is 10.7 Å². The van der Waals surface area contributed by atoms with E-state index in [2.05, 4.69) is 24.9 Å². The SMILES string of the molecule is CCOC(=O)N=Nc1ncccn1. The van der Waals surface area contributed by atoms with E-state index in [9.17, 15) is 4.79 Å². The van der Waals surface area contributed by atoms with Gasteiger partial charge in [-0.05, 0) is 13.0 Å². The Morgan fingerprint density at radius 1 is 1.54 bits per heavy atom. The van der Waals surface area contributed by atoms with Gasteiger partial charge in [0.1, 0.15) is 0 Å². The molecule has 0 aliphatic carbocycles. The molecule has 6 nitrogen and oxygen atoms in total. The third-order valence-electron chi connectivity index (χ3n) is 1.04. The summed E-state index contributed by atoms with van der Waals surface area (Å²) in [5.41, 5.74) is 0. The molecule has 0 atom stereocenters. The monoisotopic (exact) mass is 180 g/mol. The molecule has 0 aliphatic rings.